The first kappa shape index (κ1) is 21.9. The Morgan fingerprint density at radius 3 is 2.53 bits per heavy atom. The number of thioether (sulfide) groups is 1. The maximum Gasteiger partial charge on any atom is 0.416 e. The highest BCUT2D eigenvalue weighted by Gasteiger charge is 2.30. The summed E-state index contributed by atoms with van der Waals surface area (Å²) in [5, 5.41) is 11.7. The van der Waals surface area contributed by atoms with E-state index in [9.17, 15) is 18.0 Å². The lowest BCUT2D eigenvalue weighted by Crippen LogP contribution is -2.27. The van der Waals surface area contributed by atoms with Gasteiger partial charge in [0.2, 0.25) is 0 Å². The minimum atomic E-state index is -4.43. The molecule has 0 aliphatic heterocycles. The van der Waals surface area contributed by atoms with Gasteiger partial charge in [0.25, 0.3) is 5.91 Å². The van der Waals surface area contributed by atoms with Crippen molar-refractivity contribution in [2.75, 3.05) is 24.7 Å². The molecule has 0 fully saturated rings. The number of benzene rings is 1. The maximum atomic E-state index is 12.6. The van der Waals surface area contributed by atoms with Crippen molar-refractivity contribution in [3.63, 3.8) is 0 Å². The van der Waals surface area contributed by atoms with E-state index in [2.05, 4.69) is 32.6 Å². The number of anilines is 1. The number of fused-ring (bicyclic) bond motifs is 1. The Morgan fingerprint density at radius 1 is 1.17 bits per heavy atom. The summed E-state index contributed by atoms with van der Waals surface area (Å²) in [6.45, 7) is 3.43. The Bertz CT molecular complexity index is 1020. The van der Waals surface area contributed by atoms with Gasteiger partial charge in [0.15, 0.2) is 10.8 Å². The Hall–Kier alpha value is -2.82. The number of carbonyl (C=O) groups excluding carboxylic acids is 1. The highest BCUT2D eigenvalue weighted by atomic mass is 32.2. The third-order valence-corrected chi connectivity index (χ3v) is 4.83. The number of hydrogen-bond acceptors (Lipinski definition) is 6. The molecular weight excluding hydrogens is 417 g/mol. The van der Waals surface area contributed by atoms with Crippen LogP contribution in [0.5, 0.6) is 0 Å². The molecular formula is C19H21F3N6OS. The van der Waals surface area contributed by atoms with Crippen LogP contribution >= 0.6 is 11.8 Å². The molecule has 11 heteroatoms. The molecule has 7 nitrogen and oxygen atoms in total. The van der Waals surface area contributed by atoms with E-state index >= 15 is 0 Å². The minimum Gasteiger partial charge on any atom is -0.369 e. The quantitative estimate of drug-likeness (QED) is 0.411. The number of amides is 1. The average Bonchev–Trinajstić information content (AvgIpc) is 3.14. The van der Waals surface area contributed by atoms with Crippen LogP contribution in [0, 0.1) is 0 Å². The number of nitrogens with zero attached hydrogens (tertiary/aromatic N) is 4. The van der Waals surface area contributed by atoms with Crippen LogP contribution in [-0.4, -0.2) is 45.0 Å². The molecule has 0 spiro atoms. The Morgan fingerprint density at radius 2 is 1.90 bits per heavy atom. The van der Waals surface area contributed by atoms with Gasteiger partial charge < -0.3 is 10.6 Å². The molecule has 0 radical (unpaired) electrons. The Kier molecular flexibility index (Phi) is 6.80. The van der Waals surface area contributed by atoms with Gasteiger partial charge in [0.05, 0.1) is 23.7 Å². The van der Waals surface area contributed by atoms with Crippen LogP contribution in [0.15, 0.2) is 35.6 Å². The van der Waals surface area contributed by atoms with Crippen molar-refractivity contribution >= 4 is 34.5 Å². The van der Waals surface area contributed by atoms with Crippen molar-refractivity contribution in [2.45, 2.75) is 31.2 Å². The molecule has 30 heavy (non-hydrogen) atoms. The molecule has 0 aliphatic carbocycles. The molecule has 2 aromatic heterocycles. The molecule has 1 aromatic carbocycles. The summed E-state index contributed by atoms with van der Waals surface area (Å²) >= 11 is 1.42. The highest BCUT2D eigenvalue weighted by molar-refractivity contribution is 7.98. The molecule has 0 saturated carbocycles. The molecule has 1 amide bonds. The van der Waals surface area contributed by atoms with Gasteiger partial charge in [-0.25, -0.2) is 14.6 Å². The first-order valence-corrected chi connectivity index (χ1v) is 10.5. The molecule has 2 heterocycles. The number of halogens is 3. The number of hydrogen-bond donors (Lipinski definition) is 2. The molecule has 0 unspecified atom stereocenters. The summed E-state index contributed by atoms with van der Waals surface area (Å²) in [5.41, 5.74) is 0.0157. The summed E-state index contributed by atoms with van der Waals surface area (Å²) in [6.07, 6.45) is 0.0770. The van der Waals surface area contributed by atoms with E-state index in [0.717, 1.165) is 42.6 Å². The minimum absolute atomic E-state index is 0.159. The first-order chi connectivity index (χ1) is 14.3. The number of nitrogens with one attached hydrogen (secondary N) is 2. The van der Waals surface area contributed by atoms with E-state index in [0.29, 0.717) is 23.2 Å². The van der Waals surface area contributed by atoms with Crippen molar-refractivity contribution in [2.24, 2.45) is 0 Å². The van der Waals surface area contributed by atoms with Gasteiger partial charge in [-0.05, 0) is 36.9 Å². The largest absolute Gasteiger partial charge is 0.416 e. The molecule has 0 saturated heterocycles. The van der Waals surface area contributed by atoms with Gasteiger partial charge in [0, 0.05) is 18.7 Å². The van der Waals surface area contributed by atoms with Crippen LogP contribution in [0.25, 0.3) is 11.0 Å². The summed E-state index contributed by atoms with van der Waals surface area (Å²) in [6, 6.07) is 4.10. The Balaban J connectivity index is 1.67. The van der Waals surface area contributed by atoms with E-state index in [1.165, 1.54) is 11.8 Å². The smallest absolute Gasteiger partial charge is 0.369 e. The lowest BCUT2D eigenvalue weighted by molar-refractivity contribution is -0.137. The number of carbonyl (C=O) groups is 1. The second kappa shape index (κ2) is 9.33. The number of aromatic nitrogens is 4. The van der Waals surface area contributed by atoms with E-state index in [1.807, 2.05) is 6.26 Å². The molecule has 0 aliphatic rings. The zero-order chi connectivity index (χ0) is 21.7. The highest BCUT2D eigenvalue weighted by Crippen LogP contribution is 2.29. The second-order valence-electron chi connectivity index (χ2n) is 6.42. The van der Waals surface area contributed by atoms with Crippen molar-refractivity contribution in [1.29, 1.82) is 0 Å². The van der Waals surface area contributed by atoms with Crippen LogP contribution < -0.4 is 10.6 Å². The average molecular weight is 438 g/mol. The van der Waals surface area contributed by atoms with Crippen LogP contribution in [0.3, 0.4) is 0 Å². The zero-order valence-electron chi connectivity index (χ0n) is 16.5. The van der Waals surface area contributed by atoms with E-state index in [1.54, 1.807) is 10.9 Å². The lowest BCUT2D eigenvalue weighted by Gasteiger charge is -2.10. The van der Waals surface area contributed by atoms with Crippen molar-refractivity contribution in [3.05, 3.63) is 41.6 Å². The van der Waals surface area contributed by atoms with Gasteiger partial charge in [0.1, 0.15) is 5.82 Å². The molecule has 160 valence electrons. The van der Waals surface area contributed by atoms with Crippen molar-refractivity contribution in [1.82, 2.24) is 25.1 Å². The lowest BCUT2D eigenvalue weighted by atomic mass is 10.1. The summed E-state index contributed by atoms with van der Waals surface area (Å²) in [7, 11) is 0. The predicted molar refractivity (Wildman–Crippen MR) is 110 cm³/mol. The SMILES string of the molecule is CCCNc1nc(SC)nc2c1cnn2CCNC(=O)c1ccc(C(F)(F)F)cc1. The Labute approximate surface area is 175 Å². The molecule has 2 N–H and O–H groups in total. The van der Waals surface area contributed by atoms with Crippen LogP contribution in [0.2, 0.25) is 0 Å². The van der Waals surface area contributed by atoms with Crippen LogP contribution in [0.1, 0.15) is 29.3 Å². The number of rotatable bonds is 8. The summed E-state index contributed by atoms with van der Waals surface area (Å²) in [5.74, 6) is 0.260. The fourth-order valence-corrected chi connectivity index (χ4v) is 3.12. The van der Waals surface area contributed by atoms with Gasteiger partial charge >= 0.3 is 6.18 Å². The van der Waals surface area contributed by atoms with E-state index in [-0.39, 0.29) is 12.1 Å². The topological polar surface area (TPSA) is 84.7 Å². The fourth-order valence-electron chi connectivity index (χ4n) is 2.76. The van der Waals surface area contributed by atoms with Crippen LogP contribution in [-0.2, 0) is 12.7 Å². The monoisotopic (exact) mass is 438 g/mol. The van der Waals surface area contributed by atoms with E-state index in [4.69, 9.17) is 0 Å². The zero-order valence-corrected chi connectivity index (χ0v) is 17.3. The van der Waals surface area contributed by atoms with Gasteiger partial charge in [-0.15, -0.1) is 0 Å². The number of alkyl halides is 3. The van der Waals surface area contributed by atoms with Crippen molar-refractivity contribution < 1.29 is 18.0 Å². The molecule has 3 rings (SSSR count). The van der Waals surface area contributed by atoms with Gasteiger partial charge in [-0.1, -0.05) is 18.7 Å². The third kappa shape index (κ3) is 5.02. The fraction of sp³-hybridized carbons (Fsp3) is 0.368. The first-order valence-electron chi connectivity index (χ1n) is 9.30. The normalized spacial score (nSPS) is 11.6. The van der Waals surface area contributed by atoms with Crippen LogP contribution in [0.4, 0.5) is 19.0 Å². The molecule has 0 atom stereocenters. The molecule has 3 aromatic rings. The standard InChI is InChI=1S/C19H21F3N6OS/c1-3-8-23-15-14-11-25-28(16(14)27-18(26-15)30-2)10-9-24-17(29)12-4-6-13(7-5-12)19(20,21)22/h4-7,11H,3,8-10H2,1-2H3,(H,24,29)(H,23,26,27). The maximum absolute atomic E-state index is 12.6. The summed E-state index contributed by atoms with van der Waals surface area (Å²) < 4.78 is 39.6. The molecule has 0 bridgehead atoms. The van der Waals surface area contributed by atoms with Gasteiger partial charge in [-0.3, -0.25) is 4.79 Å². The summed E-state index contributed by atoms with van der Waals surface area (Å²) in [4.78, 5) is 21.2. The predicted octanol–water partition coefficient (Wildman–Crippen LogP) is 3.82. The van der Waals surface area contributed by atoms with Crippen molar-refractivity contribution in [3.8, 4) is 0 Å². The van der Waals surface area contributed by atoms with Gasteiger partial charge in [-0.2, -0.15) is 18.3 Å². The second-order valence-corrected chi connectivity index (χ2v) is 7.20. The van der Waals surface area contributed by atoms with E-state index < -0.39 is 17.6 Å². The third-order valence-electron chi connectivity index (χ3n) is 4.28.